The lowest BCUT2D eigenvalue weighted by Gasteiger charge is -2.19. The van der Waals surface area contributed by atoms with Crippen molar-refractivity contribution in [2.24, 2.45) is 0 Å². The smallest absolute Gasteiger partial charge is 0.143 e. The Morgan fingerprint density at radius 2 is 0.425 bits per heavy atom. The maximum Gasteiger partial charge on any atom is 0.143 e. The molecule has 5 heteroatoms. The predicted molar refractivity (Wildman–Crippen MR) is 472 cm³/mol. The third kappa shape index (κ3) is 8.23. The molecule has 0 saturated heterocycles. The van der Waals surface area contributed by atoms with Crippen LogP contribution in [0.25, 0.3) is 285 Å². The molecule has 0 aliphatic carbocycles. The number of hydrogen-bond donors (Lipinski definition) is 0. The van der Waals surface area contributed by atoms with E-state index in [2.05, 4.69) is 328 Å². The molecule has 0 aliphatic heterocycles. The maximum absolute atomic E-state index is 7.18. The average molecular weight is 1430 g/mol. The molecule has 0 fully saturated rings. The molecular weight excluding hydrogens is 1380 g/mol. The quantitative estimate of drug-likeness (QED) is 0.149. The van der Waals surface area contributed by atoms with Crippen LogP contribution in [0.4, 0.5) is 0 Å². The standard InChI is InChI=1S/C108H56O5/c1-3-22-93-71(14-1)80-17-8-19-82(107(80)111-93)86-56-87(83-20-9-18-81-72-15-2-4-23-94(72)112-108(81)83)78-44-43-75-70(37-27-61-30-40-77(86)105(78)103(61)75)79-16-7-21-84-88-54-66(35-49-99(88)113-106(79)84)85-55-67-13-6-12-59-29-39-74-69(41-42-76(85)104(74)101(59)67)65-34-48-98-92(53-65)90-51-63(32-46-96(90)110-98)62-31-45-95-89(50-62)91-52-64(33-47-97(91)109-95)68-36-26-60-25-24-57-10-5-11-58-28-38-73(68)102(60)100(57)58/h1-56H. The van der Waals surface area contributed by atoms with Crippen LogP contribution in [0.2, 0.25) is 0 Å². The minimum absolute atomic E-state index is 0.842. The number of benzene rings is 22. The zero-order valence-electron chi connectivity index (χ0n) is 60.4. The molecule has 5 nitrogen and oxygen atoms in total. The Morgan fingerprint density at radius 3 is 0.956 bits per heavy atom. The van der Waals surface area contributed by atoms with Gasteiger partial charge in [-0.25, -0.2) is 0 Å². The molecule has 518 valence electrons. The molecular formula is C108H56O5. The average Bonchev–Trinajstić information content (AvgIpc) is 1.64. The van der Waals surface area contributed by atoms with Crippen molar-refractivity contribution < 1.29 is 22.1 Å². The van der Waals surface area contributed by atoms with Gasteiger partial charge < -0.3 is 22.1 Å². The van der Waals surface area contributed by atoms with E-state index >= 15 is 0 Å². The summed E-state index contributed by atoms with van der Waals surface area (Å²) in [7, 11) is 0. The van der Waals surface area contributed by atoms with E-state index in [-0.39, 0.29) is 0 Å². The Bertz CT molecular complexity index is 8740. The van der Waals surface area contributed by atoms with Crippen LogP contribution in [-0.4, -0.2) is 0 Å². The van der Waals surface area contributed by atoms with Crippen LogP contribution in [0.5, 0.6) is 0 Å². The predicted octanol–water partition coefficient (Wildman–Crippen LogP) is 31.5. The lowest BCUT2D eigenvalue weighted by molar-refractivity contribution is 0.668. The van der Waals surface area contributed by atoms with E-state index in [9.17, 15) is 0 Å². The number of hydrogen-bond acceptors (Lipinski definition) is 5. The number of para-hydroxylation sites is 5. The molecule has 22 aromatic carbocycles. The van der Waals surface area contributed by atoms with Crippen molar-refractivity contribution in [3.63, 3.8) is 0 Å². The normalized spacial score (nSPS) is 12.6. The van der Waals surface area contributed by atoms with Crippen molar-refractivity contribution in [3.8, 4) is 77.9 Å². The largest absolute Gasteiger partial charge is 0.456 e. The van der Waals surface area contributed by atoms with Gasteiger partial charge >= 0.3 is 0 Å². The van der Waals surface area contributed by atoms with Crippen molar-refractivity contribution in [1.82, 2.24) is 0 Å². The van der Waals surface area contributed by atoms with Crippen LogP contribution in [0.15, 0.2) is 362 Å². The second-order valence-electron chi connectivity index (χ2n) is 31.1. The monoisotopic (exact) mass is 1430 g/mol. The van der Waals surface area contributed by atoms with Gasteiger partial charge in [-0.05, 0) is 243 Å². The van der Waals surface area contributed by atoms with Crippen molar-refractivity contribution in [3.05, 3.63) is 340 Å². The molecule has 0 amide bonds. The van der Waals surface area contributed by atoms with Gasteiger partial charge in [0, 0.05) is 70.6 Å². The SMILES string of the molecule is c1cc2ccc3ccc(-c4ccc5oc6ccc(-c7ccc8oc9ccc(-c%10ccc%11c(-c%12ccc%13oc%14c(-c%15ccc%16ccc%17c(-c%18cccc%19c%18oc%18ccccc%18%19)cc(-c%18cccc%19c%18oc%18ccccc%18%19)c%18ccc%15c%16c%17%18)cccc%14c%13c%12)cc%12cccc%13ccc%10c%11c%13%12)cc9c8c7)cc6c5c4)c4ccc(c1)c2c34. The first-order valence-electron chi connectivity index (χ1n) is 38.8. The first kappa shape index (κ1) is 59.9. The summed E-state index contributed by atoms with van der Waals surface area (Å²) >= 11 is 0. The molecule has 0 spiro atoms. The summed E-state index contributed by atoms with van der Waals surface area (Å²) in [6.45, 7) is 0. The van der Waals surface area contributed by atoms with E-state index in [1.54, 1.807) is 0 Å². The highest BCUT2D eigenvalue weighted by Crippen LogP contribution is 2.53. The van der Waals surface area contributed by atoms with E-state index in [1.165, 1.54) is 103 Å². The lowest BCUT2D eigenvalue weighted by atomic mass is 9.83. The van der Waals surface area contributed by atoms with Gasteiger partial charge in [-0.2, -0.15) is 0 Å². The van der Waals surface area contributed by atoms with Gasteiger partial charge in [0.25, 0.3) is 0 Å². The van der Waals surface area contributed by atoms with Gasteiger partial charge in [0.2, 0.25) is 0 Å². The van der Waals surface area contributed by atoms with Gasteiger partial charge in [0.15, 0.2) is 0 Å². The number of fused-ring (bicyclic) bond motifs is 15. The van der Waals surface area contributed by atoms with Crippen LogP contribution in [0.3, 0.4) is 0 Å². The van der Waals surface area contributed by atoms with Crippen molar-refractivity contribution in [2.45, 2.75) is 0 Å². The number of rotatable bonds is 7. The Labute approximate surface area is 642 Å². The molecule has 0 atom stereocenters. The zero-order valence-corrected chi connectivity index (χ0v) is 60.4. The summed E-state index contributed by atoms with van der Waals surface area (Å²) in [5, 5.41) is 32.9. The van der Waals surface area contributed by atoms with E-state index < -0.39 is 0 Å². The fourth-order valence-corrected chi connectivity index (χ4v) is 20.2. The molecule has 113 heavy (non-hydrogen) atoms. The Hall–Kier alpha value is -15.0. The fourth-order valence-electron chi connectivity index (χ4n) is 20.2. The summed E-state index contributed by atoms with van der Waals surface area (Å²) in [6, 6.07) is 125. The first-order chi connectivity index (χ1) is 56.0. The Morgan fingerprint density at radius 1 is 0.124 bits per heavy atom. The van der Waals surface area contributed by atoms with Crippen LogP contribution >= 0.6 is 0 Å². The third-order valence-corrected chi connectivity index (χ3v) is 25.3. The van der Waals surface area contributed by atoms with Gasteiger partial charge in [0.05, 0.1) is 0 Å². The molecule has 5 aromatic heterocycles. The highest BCUT2D eigenvalue weighted by atomic mass is 16.3. The van der Waals surface area contributed by atoms with Crippen LogP contribution < -0.4 is 0 Å². The summed E-state index contributed by atoms with van der Waals surface area (Å²) in [5.41, 5.74) is 24.3. The molecule has 27 aromatic rings. The summed E-state index contributed by atoms with van der Waals surface area (Å²) in [4.78, 5) is 0. The summed E-state index contributed by atoms with van der Waals surface area (Å²) < 4.78 is 34.1. The summed E-state index contributed by atoms with van der Waals surface area (Å²) in [6.07, 6.45) is 0. The Balaban J connectivity index is 0.573. The van der Waals surface area contributed by atoms with Crippen molar-refractivity contribution in [2.75, 3.05) is 0 Å². The molecule has 0 bridgehead atoms. The van der Waals surface area contributed by atoms with Gasteiger partial charge in [0.1, 0.15) is 55.8 Å². The van der Waals surface area contributed by atoms with Crippen LogP contribution in [0, 0.1) is 0 Å². The molecule has 5 heterocycles. The van der Waals surface area contributed by atoms with Gasteiger partial charge in [-0.1, -0.05) is 255 Å². The van der Waals surface area contributed by atoms with Gasteiger partial charge in [-0.3, -0.25) is 0 Å². The van der Waals surface area contributed by atoms with Gasteiger partial charge in [-0.15, -0.1) is 0 Å². The topological polar surface area (TPSA) is 65.7 Å². The Kier molecular flexibility index (Phi) is 11.6. The van der Waals surface area contributed by atoms with E-state index in [0.717, 1.165) is 181 Å². The molecule has 0 saturated carbocycles. The van der Waals surface area contributed by atoms with Crippen LogP contribution in [-0.2, 0) is 0 Å². The zero-order chi connectivity index (χ0) is 73.2. The maximum atomic E-state index is 7.18. The van der Waals surface area contributed by atoms with E-state index in [4.69, 9.17) is 22.1 Å². The van der Waals surface area contributed by atoms with E-state index in [0.29, 0.717) is 0 Å². The molecule has 0 N–H and O–H groups in total. The lowest BCUT2D eigenvalue weighted by Crippen LogP contribution is -1.93. The minimum atomic E-state index is 0.842. The second-order valence-corrected chi connectivity index (χ2v) is 31.1. The minimum Gasteiger partial charge on any atom is -0.456 e. The molecule has 0 unspecified atom stereocenters. The highest BCUT2D eigenvalue weighted by molar-refractivity contribution is 6.34. The first-order valence-corrected chi connectivity index (χ1v) is 38.8. The van der Waals surface area contributed by atoms with Crippen LogP contribution in [0.1, 0.15) is 0 Å². The molecule has 0 aliphatic rings. The molecule has 27 rings (SSSR count). The van der Waals surface area contributed by atoms with Crippen molar-refractivity contribution >= 4 is 207 Å². The van der Waals surface area contributed by atoms with Crippen molar-refractivity contribution in [1.29, 1.82) is 0 Å². The summed E-state index contributed by atoms with van der Waals surface area (Å²) in [5.74, 6) is 0. The van der Waals surface area contributed by atoms with E-state index in [1.807, 2.05) is 12.1 Å². The highest BCUT2D eigenvalue weighted by Gasteiger charge is 2.27. The third-order valence-electron chi connectivity index (χ3n) is 25.3. The number of furan rings is 5. The fraction of sp³-hybridized carbons (Fsp3) is 0. The second kappa shape index (κ2) is 21.9. The molecule has 0 radical (unpaired) electrons.